The van der Waals surface area contributed by atoms with Crippen molar-refractivity contribution < 1.29 is 14.3 Å². The Kier molecular flexibility index (Phi) is 5.69. The summed E-state index contributed by atoms with van der Waals surface area (Å²) in [4.78, 5) is 12.2. The van der Waals surface area contributed by atoms with Crippen LogP contribution in [0.2, 0.25) is 5.02 Å². The number of aromatic nitrogens is 1. The Balaban J connectivity index is 1.78. The van der Waals surface area contributed by atoms with Crippen LogP contribution in [0.3, 0.4) is 0 Å². The van der Waals surface area contributed by atoms with E-state index in [-0.39, 0.29) is 5.97 Å². The molecular weight excluding hydrogens is 374 g/mol. The third-order valence-electron chi connectivity index (χ3n) is 5.34. The van der Waals surface area contributed by atoms with Crippen molar-refractivity contribution in [3.8, 4) is 11.1 Å². The van der Waals surface area contributed by atoms with Gasteiger partial charge in [0, 0.05) is 47.4 Å². The molecule has 2 aromatic carbocycles. The van der Waals surface area contributed by atoms with E-state index < -0.39 is 0 Å². The second kappa shape index (κ2) is 8.38. The molecule has 0 unspecified atom stereocenters. The number of hydrogen-bond donors (Lipinski definition) is 0. The van der Waals surface area contributed by atoms with E-state index in [1.54, 1.807) is 0 Å². The van der Waals surface area contributed by atoms with E-state index in [0.717, 1.165) is 59.7 Å². The molecule has 0 saturated carbocycles. The topological polar surface area (TPSA) is 40.5 Å². The monoisotopic (exact) mass is 397 g/mol. The van der Waals surface area contributed by atoms with Crippen LogP contribution in [0.5, 0.6) is 0 Å². The summed E-state index contributed by atoms with van der Waals surface area (Å²) in [7, 11) is 0. The highest BCUT2D eigenvalue weighted by atomic mass is 35.5. The Morgan fingerprint density at radius 3 is 2.64 bits per heavy atom. The van der Waals surface area contributed by atoms with E-state index in [4.69, 9.17) is 21.1 Å². The lowest BCUT2D eigenvalue weighted by atomic mass is 10.0. The second-order valence-electron chi connectivity index (χ2n) is 7.21. The highest BCUT2D eigenvalue weighted by Gasteiger charge is 2.19. The first-order chi connectivity index (χ1) is 13.7. The zero-order valence-electron chi connectivity index (χ0n) is 16.0. The number of benzene rings is 2. The van der Waals surface area contributed by atoms with Gasteiger partial charge in [-0.3, -0.25) is 0 Å². The third kappa shape index (κ3) is 3.94. The van der Waals surface area contributed by atoms with Crippen molar-refractivity contribution in [1.82, 2.24) is 4.57 Å². The Bertz CT molecular complexity index is 971. The van der Waals surface area contributed by atoms with E-state index in [1.807, 2.05) is 49.4 Å². The maximum absolute atomic E-state index is 12.2. The van der Waals surface area contributed by atoms with Crippen LogP contribution in [0, 0.1) is 5.92 Å². The molecule has 0 N–H and O–H groups in total. The number of fused-ring (bicyclic) bond motifs is 1. The van der Waals surface area contributed by atoms with Crippen LogP contribution in [0.15, 0.2) is 48.7 Å². The Labute approximate surface area is 170 Å². The Morgan fingerprint density at radius 1 is 1.18 bits per heavy atom. The van der Waals surface area contributed by atoms with Crippen molar-refractivity contribution >= 4 is 28.5 Å². The van der Waals surface area contributed by atoms with Gasteiger partial charge >= 0.3 is 5.97 Å². The number of esters is 1. The zero-order chi connectivity index (χ0) is 19.5. The number of halogens is 1. The predicted octanol–water partition coefficient (Wildman–Crippen LogP) is 5.57. The van der Waals surface area contributed by atoms with Crippen LogP contribution in [0.4, 0.5) is 0 Å². The minimum Gasteiger partial charge on any atom is -0.462 e. The second-order valence-corrected chi connectivity index (χ2v) is 7.65. The molecule has 0 radical (unpaired) electrons. The number of hydrogen-bond acceptors (Lipinski definition) is 3. The fraction of sp³-hybridized carbons (Fsp3) is 0.348. The molecule has 1 saturated heterocycles. The van der Waals surface area contributed by atoms with E-state index in [2.05, 4.69) is 10.8 Å². The van der Waals surface area contributed by atoms with E-state index >= 15 is 0 Å². The van der Waals surface area contributed by atoms with Gasteiger partial charge in [0.15, 0.2) is 0 Å². The molecule has 3 aromatic rings. The number of carbonyl (C=O) groups excluding carboxylic acids is 1. The summed E-state index contributed by atoms with van der Waals surface area (Å²) in [5.74, 6) is 0.296. The molecule has 0 atom stereocenters. The predicted molar refractivity (Wildman–Crippen MR) is 112 cm³/mol. The average Bonchev–Trinajstić information content (AvgIpc) is 3.07. The van der Waals surface area contributed by atoms with Gasteiger partial charge in [-0.25, -0.2) is 4.79 Å². The van der Waals surface area contributed by atoms with Crippen LogP contribution < -0.4 is 0 Å². The maximum atomic E-state index is 12.2. The fourth-order valence-corrected chi connectivity index (χ4v) is 3.98. The summed E-state index contributed by atoms with van der Waals surface area (Å²) >= 11 is 6.07. The van der Waals surface area contributed by atoms with Crippen molar-refractivity contribution in [2.75, 3.05) is 19.8 Å². The molecule has 1 fully saturated rings. The van der Waals surface area contributed by atoms with Crippen molar-refractivity contribution in [1.29, 1.82) is 0 Å². The molecule has 1 aliphatic heterocycles. The first-order valence-electron chi connectivity index (χ1n) is 9.79. The Hall–Kier alpha value is -2.30. The molecule has 0 amide bonds. The van der Waals surface area contributed by atoms with Crippen LogP contribution in [0.1, 0.15) is 30.1 Å². The fourth-order valence-electron chi connectivity index (χ4n) is 3.85. The molecular formula is C23H24ClNO3. The number of ether oxygens (including phenoxy) is 2. The summed E-state index contributed by atoms with van der Waals surface area (Å²) in [6.07, 6.45) is 4.32. The molecule has 2 heterocycles. The summed E-state index contributed by atoms with van der Waals surface area (Å²) in [5.41, 5.74) is 3.91. The molecule has 28 heavy (non-hydrogen) atoms. The van der Waals surface area contributed by atoms with Crippen molar-refractivity contribution in [2.45, 2.75) is 26.3 Å². The Morgan fingerprint density at radius 2 is 1.93 bits per heavy atom. The van der Waals surface area contributed by atoms with Crippen molar-refractivity contribution in [3.05, 3.63) is 59.2 Å². The van der Waals surface area contributed by atoms with Gasteiger partial charge in [-0.05, 0) is 55.5 Å². The van der Waals surface area contributed by atoms with Gasteiger partial charge < -0.3 is 14.0 Å². The van der Waals surface area contributed by atoms with Crippen molar-refractivity contribution in [2.24, 2.45) is 5.92 Å². The van der Waals surface area contributed by atoms with Gasteiger partial charge in [-0.2, -0.15) is 0 Å². The summed E-state index contributed by atoms with van der Waals surface area (Å²) in [6.45, 7) is 4.75. The zero-order valence-corrected chi connectivity index (χ0v) is 16.7. The number of rotatable bonds is 5. The minimum atomic E-state index is -0.281. The van der Waals surface area contributed by atoms with E-state index in [1.165, 1.54) is 0 Å². The lowest BCUT2D eigenvalue weighted by molar-refractivity contribution is 0.0526. The highest BCUT2D eigenvalue weighted by Crippen LogP contribution is 2.33. The largest absolute Gasteiger partial charge is 0.462 e. The molecule has 0 aliphatic carbocycles. The van der Waals surface area contributed by atoms with Gasteiger partial charge in [-0.15, -0.1) is 0 Å². The number of carbonyl (C=O) groups is 1. The van der Waals surface area contributed by atoms with Crippen LogP contribution >= 0.6 is 11.6 Å². The van der Waals surface area contributed by atoms with E-state index in [9.17, 15) is 4.79 Å². The van der Waals surface area contributed by atoms with Crippen LogP contribution in [-0.2, 0) is 16.0 Å². The summed E-state index contributed by atoms with van der Waals surface area (Å²) in [6, 6.07) is 13.7. The first-order valence-corrected chi connectivity index (χ1v) is 10.2. The average molecular weight is 398 g/mol. The molecule has 0 spiro atoms. The van der Waals surface area contributed by atoms with Gasteiger partial charge in [0.2, 0.25) is 0 Å². The van der Waals surface area contributed by atoms with Gasteiger partial charge in [-0.1, -0.05) is 29.8 Å². The van der Waals surface area contributed by atoms with Crippen LogP contribution in [-0.4, -0.2) is 30.4 Å². The van der Waals surface area contributed by atoms with Crippen LogP contribution in [0.25, 0.3) is 22.0 Å². The highest BCUT2D eigenvalue weighted by molar-refractivity contribution is 6.30. The molecule has 0 bridgehead atoms. The maximum Gasteiger partial charge on any atom is 0.338 e. The lowest BCUT2D eigenvalue weighted by Gasteiger charge is -2.22. The standard InChI is InChI=1S/C23H24ClNO3/c1-2-28-23(26)18-5-8-20-21(17-3-6-19(24)7-4-17)15-25(22(20)13-18)14-16-9-11-27-12-10-16/h3-8,13,15-16H,2,9-12,14H2,1H3. The van der Waals surface area contributed by atoms with Gasteiger partial charge in [0.05, 0.1) is 12.2 Å². The van der Waals surface area contributed by atoms with Gasteiger partial charge in [0.1, 0.15) is 0 Å². The summed E-state index contributed by atoms with van der Waals surface area (Å²) < 4.78 is 13.0. The summed E-state index contributed by atoms with van der Waals surface area (Å²) in [5, 5.41) is 1.85. The first kappa shape index (κ1) is 19.0. The third-order valence-corrected chi connectivity index (χ3v) is 5.60. The molecule has 1 aromatic heterocycles. The molecule has 4 nitrogen and oxygen atoms in total. The molecule has 4 rings (SSSR count). The minimum absolute atomic E-state index is 0.281. The SMILES string of the molecule is CCOC(=O)c1ccc2c(-c3ccc(Cl)cc3)cn(CC3CCOCC3)c2c1. The molecule has 146 valence electrons. The quantitative estimate of drug-likeness (QED) is 0.529. The van der Waals surface area contributed by atoms with Crippen molar-refractivity contribution in [3.63, 3.8) is 0 Å². The smallest absolute Gasteiger partial charge is 0.338 e. The van der Waals surface area contributed by atoms with Gasteiger partial charge in [0.25, 0.3) is 0 Å². The lowest BCUT2D eigenvalue weighted by Crippen LogP contribution is -2.20. The molecule has 5 heteroatoms. The number of nitrogens with zero attached hydrogens (tertiary/aromatic N) is 1. The van der Waals surface area contributed by atoms with E-state index in [0.29, 0.717) is 18.1 Å². The molecule has 1 aliphatic rings. The normalized spacial score (nSPS) is 15.1.